The van der Waals surface area contributed by atoms with Crippen molar-refractivity contribution < 1.29 is 4.79 Å². The molecule has 2 fully saturated rings. The summed E-state index contributed by atoms with van der Waals surface area (Å²) < 4.78 is 2.09. The number of rotatable bonds is 4. The second-order valence-electron chi connectivity index (χ2n) is 8.51. The third-order valence-corrected chi connectivity index (χ3v) is 6.98. The average molecular weight is 436 g/mol. The summed E-state index contributed by atoms with van der Waals surface area (Å²) in [6, 6.07) is 16.7. The quantitative estimate of drug-likeness (QED) is 0.624. The Kier molecular flexibility index (Phi) is 4.97. The molecule has 1 aliphatic heterocycles. The van der Waals surface area contributed by atoms with Crippen LogP contribution >= 0.6 is 11.6 Å². The van der Waals surface area contributed by atoms with Crippen molar-refractivity contribution in [3.8, 4) is 11.4 Å². The standard InChI is InChI=1S/C24H26ClN5O/c1-17(31)29-12-14-30(15-13-29)19-8-9-20(21(25)16-19)22-26-27-23(28(22)2)24(10-11-24)18-6-4-3-5-7-18/h3-9,16H,10-15H2,1-2H3. The number of amides is 1. The van der Waals surface area contributed by atoms with Crippen molar-refractivity contribution in [1.29, 1.82) is 0 Å². The van der Waals surface area contributed by atoms with Gasteiger partial charge in [-0.3, -0.25) is 4.79 Å². The van der Waals surface area contributed by atoms with Crippen molar-refractivity contribution in [2.45, 2.75) is 25.2 Å². The van der Waals surface area contributed by atoms with Crippen molar-refractivity contribution in [3.63, 3.8) is 0 Å². The topological polar surface area (TPSA) is 54.3 Å². The third kappa shape index (κ3) is 3.49. The van der Waals surface area contributed by atoms with Gasteiger partial charge in [0.15, 0.2) is 5.82 Å². The van der Waals surface area contributed by atoms with Gasteiger partial charge in [-0.15, -0.1) is 10.2 Å². The van der Waals surface area contributed by atoms with E-state index in [0.717, 1.165) is 61.9 Å². The molecule has 1 aliphatic carbocycles. The minimum absolute atomic E-state index is 0.0376. The highest BCUT2D eigenvalue weighted by atomic mass is 35.5. The Hall–Kier alpha value is -2.86. The van der Waals surface area contributed by atoms with E-state index in [-0.39, 0.29) is 11.3 Å². The second-order valence-corrected chi connectivity index (χ2v) is 8.92. The molecule has 7 heteroatoms. The molecule has 1 saturated carbocycles. The number of nitrogens with zero attached hydrogens (tertiary/aromatic N) is 5. The predicted octanol–water partition coefficient (Wildman–Crippen LogP) is 3.88. The smallest absolute Gasteiger partial charge is 0.219 e. The lowest BCUT2D eigenvalue weighted by atomic mass is 9.95. The molecule has 160 valence electrons. The van der Waals surface area contributed by atoms with Crippen LogP contribution in [-0.4, -0.2) is 51.8 Å². The Morgan fingerprint density at radius 3 is 2.32 bits per heavy atom. The first-order valence-corrected chi connectivity index (χ1v) is 11.1. The number of halogens is 1. The van der Waals surface area contributed by atoms with Gasteiger partial charge in [-0.1, -0.05) is 41.9 Å². The number of anilines is 1. The summed E-state index contributed by atoms with van der Waals surface area (Å²) in [7, 11) is 2.03. The number of piperazine rings is 1. The molecular formula is C24H26ClN5O. The van der Waals surface area contributed by atoms with Crippen molar-refractivity contribution in [3.05, 3.63) is 64.9 Å². The predicted molar refractivity (Wildman–Crippen MR) is 122 cm³/mol. The Morgan fingerprint density at radius 1 is 1.00 bits per heavy atom. The number of aromatic nitrogens is 3. The SMILES string of the molecule is CC(=O)N1CCN(c2ccc(-c3nnc(C4(c5ccccc5)CC4)n3C)c(Cl)c2)CC1. The zero-order valence-corrected chi connectivity index (χ0v) is 18.6. The summed E-state index contributed by atoms with van der Waals surface area (Å²) in [5.74, 6) is 1.92. The molecule has 0 N–H and O–H groups in total. The van der Waals surface area contributed by atoms with Gasteiger partial charge in [-0.25, -0.2) is 0 Å². The fourth-order valence-corrected chi connectivity index (χ4v) is 4.92. The van der Waals surface area contributed by atoms with E-state index in [4.69, 9.17) is 11.6 Å². The van der Waals surface area contributed by atoms with Crippen LogP contribution in [-0.2, 0) is 17.3 Å². The van der Waals surface area contributed by atoms with Crippen LogP contribution < -0.4 is 4.90 Å². The normalized spacial score (nSPS) is 17.6. The zero-order chi connectivity index (χ0) is 21.6. The third-order valence-electron chi connectivity index (χ3n) is 6.66. The number of hydrogen-bond acceptors (Lipinski definition) is 4. The van der Waals surface area contributed by atoms with Crippen LogP contribution in [0.4, 0.5) is 5.69 Å². The van der Waals surface area contributed by atoms with Crippen LogP contribution in [0.5, 0.6) is 0 Å². The average Bonchev–Trinajstić information content (AvgIpc) is 3.51. The van der Waals surface area contributed by atoms with Crippen LogP contribution in [0.15, 0.2) is 48.5 Å². The van der Waals surface area contributed by atoms with Gasteiger partial charge in [0.05, 0.1) is 10.4 Å². The van der Waals surface area contributed by atoms with Crippen LogP contribution in [0.1, 0.15) is 31.2 Å². The molecule has 31 heavy (non-hydrogen) atoms. The molecule has 2 heterocycles. The minimum Gasteiger partial charge on any atom is -0.368 e. The maximum atomic E-state index is 11.6. The van der Waals surface area contributed by atoms with Gasteiger partial charge in [0.1, 0.15) is 5.82 Å². The van der Waals surface area contributed by atoms with E-state index in [0.29, 0.717) is 5.02 Å². The molecule has 6 nitrogen and oxygen atoms in total. The van der Waals surface area contributed by atoms with Gasteiger partial charge in [0.25, 0.3) is 0 Å². The van der Waals surface area contributed by atoms with Gasteiger partial charge < -0.3 is 14.4 Å². The van der Waals surface area contributed by atoms with Crippen LogP contribution in [0.3, 0.4) is 0 Å². The molecule has 3 aromatic rings. The highest BCUT2D eigenvalue weighted by molar-refractivity contribution is 6.33. The maximum absolute atomic E-state index is 11.6. The molecule has 2 aliphatic rings. The van der Waals surface area contributed by atoms with E-state index in [9.17, 15) is 4.79 Å². The van der Waals surface area contributed by atoms with Crippen molar-refractivity contribution in [2.24, 2.45) is 7.05 Å². The molecule has 0 bridgehead atoms. The Morgan fingerprint density at radius 2 is 1.71 bits per heavy atom. The Labute approximate surface area is 187 Å². The Bertz CT molecular complexity index is 1110. The summed E-state index contributed by atoms with van der Waals surface area (Å²) in [4.78, 5) is 15.7. The summed E-state index contributed by atoms with van der Waals surface area (Å²) in [6.07, 6.45) is 2.17. The van der Waals surface area contributed by atoms with E-state index in [1.165, 1.54) is 5.56 Å². The molecule has 0 atom stereocenters. The first-order chi connectivity index (χ1) is 15.0. The van der Waals surface area contributed by atoms with E-state index in [1.807, 2.05) is 30.1 Å². The first kappa shape index (κ1) is 20.1. The lowest BCUT2D eigenvalue weighted by Crippen LogP contribution is -2.48. The molecule has 0 unspecified atom stereocenters. The van der Waals surface area contributed by atoms with Crippen LogP contribution in [0.25, 0.3) is 11.4 Å². The molecule has 1 aromatic heterocycles. The molecular weight excluding hydrogens is 410 g/mol. The maximum Gasteiger partial charge on any atom is 0.219 e. The zero-order valence-electron chi connectivity index (χ0n) is 17.9. The van der Waals surface area contributed by atoms with Crippen molar-refractivity contribution >= 4 is 23.2 Å². The summed E-state index contributed by atoms with van der Waals surface area (Å²) in [5, 5.41) is 9.77. The summed E-state index contributed by atoms with van der Waals surface area (Å²) in [6.45, 7) is 4.72. The number of hydrogen-bond donors (Lipinski definition) is 0. The number of carbonyl (C=O) groups excluding carboxylic acids is 1. The largest absolute Gasteiger partial charge is 0.368 e. The van der Waals surface area contributed by atoms with Gasteiger partial charge in [0.2, 0.25) is 5.91 Å². The fraction of sp³-hybridized carbons (Fsp3) is 0.375. The van der Waals surface area contributed by atoms with Gasteiger partial charge in [-0.05, 0) is 36.6 Å². The highest BCUT2D eigenvalue weighted by Crippen LogP contribution is 2.53. The lowest BCUT2D eigenvalue weighted by molar-refractivity contribution is -0.129. The number of carbonyl (C=O) groups is 1. The number of benzene rings is 2. The summed E-state index contributed by atoms with van der Waals surface area (Å²) >= 11 is 6.72. The monoisotopic (exact) mass is 435 g/mol. The van der Waals surface area contributed by atoms with Gasteiger partial charge in [0, 0.05) is 51.4 Å². The molecule has 0 radical (unpaired) electrons. The van der Waals surface area contributed by atoms with Crippen molar-refractivity contribution in [2.75, 3.05) is 31.1 Å². The van der Waals surface area contributed by atoms with E-state index >= 15 is 0 Å². The molecule has 1 amide bonds. The summed E-state index contributed by atoms with van der Waals surface area (Å²) in [5.41, 5.74) is 3.22. The van der Waals surface area contributed by atoms with Gasteiger partial charge >= 0.3 is 0 Å². The highest BCUT2D eigenvalue weighted by Gasteiger charge is 2.49. The van der Waals surface area contributed by atoms with E-state index < -0.39 is 0 Å². The molecule has 0 spiro atoms. The van der Waals surface area contributed by atoms with Crippen LogP contribution in [0, 0.1) is 0 Å². The van der Waals surface area contributed by atoms with Crippen LogP contribution in [0.2, 0.25) is 5.02 Å². The van der Waals surface area contributed by atoms with Gasteiger partial charge in [-0.2, -0.15) is 0 Å². The van der Waals surface area contributed by atoms with E-state index in [1.54, 1.807) is 6.92 Å². The fourth-order valence-electron chi connectivity index (χ4n) is 4.67. The van der Waals surface area contributed by atoms with Crippen molar-refractivity contribution in [1.82, 2.24) is 19.7 Å². The lowest BCUT2D eigenvalue weighted by Gasteiger charge is -2.35. The molecule has 5 rings (SSSR count). The van der Waals surface area contributed by atoms with E-state index in [2.05, 4.69) is 50.0 Å². The Balaban J connectivity index is 1.40. The minimum atomic E-state index is -0.0376. The molecule has 1 saturated heterocycles. The second kappa shape index (κ2) is 7.68. The molecule has 2 aromatic carbocycles. The first-order valence-electron chi connectivity index (χ1n) is 10.8.